The van der Waals surface area contributed by atoms with E-state index >= 15 is 0 Å². The average molecular weight is 238 g/mol. The molecule has 0 heterocycles. The van der Waals surface area contributed by atoms with Crippen molar-refractivity contribution in [2.75, 3.05) is 0 Å². The SMILES string of the molecule is CC(C)(C)OC(=O)CC1(O)CC2C=CC1CC2. The molecule has 0 aromatic carbocycles. The molecule has 17 heavy (non-hydrogen) atoms. The number of allylic oxidation sites excluding steroid dienone is 1. The second kappa shape index (κ2) is 4.13. The monoisotopic (exact) mass is 238 g/mol. The summed E-state index contributed by atoms with van der Waals surface area (Å²) in [5.41, 5.74) is -1.35. The highest BCUT2D eigenvalue weighted by Crippen LogP contribution is 2.45. The lowest BCUT2D eigenvalue weighted by molar-refractivity contribution is -0.164. The Morgan fingerprint density at radius 2 is 2.12 bits per heavy atom. The fraction of sp³-hybridized carbons (Fsp3) is 0.786. The van der Waals surface area contributed by atoms with Gasteiger partial charge >= 0.3 is 5.97 Å². The number of fused-ring (bicyclic) bond motifs is 2. The number of carbonyl (C=O) groups is 1. The van der Waals surface area contributed by atoms with Crippen molar-refractivity contribution >= 4 is 5.97 Å². The zero-order valence-corrected chi connectivity index (χ0v) is 10.9. The Bertz CT molecular complexity index is 340. The standard InChI is InChI=1S/C14H22O3/c1-13(2,3)17-12(15)9-14(16)8-10-4-6-11(14)7-5-10/h4,6,10-11,16H,5,7-9H2,1-3H3. The summed E-state index contributed by atoms with van der Waals surface area (Å²) in [5, 5.41) is 10.6. The van der Waals surface area contributed by atoms with Gasteiger partial charge in [0.05, 0.1) is 12.0 Å². The molecular weight excluding hydrogens is 216 g/mol. The van der Waals surface area contributed by atoms with Gasteiger partial charge in [0.2, 0.25) is 0 Å². The summed E-state index contributed by atoms with van der Waals surface area (Å²) in [6.45, 7) is 5.55. The molecule has 0 spiro atoms. The van der Waals surface area contributed by atoms with Crippen LogP contribution in [0.5, 0.6) is 0 Å². The Hall–Kier alpha value is -0.830. The number of rotatable bonds is 2. The average Bonchev–Trinajstić information content (AvgIpc) is 2.14. The van der Waals surface area contributed by atoms with Gasteiger partial charge in [0, 0.05) is 5.92 Å². The molecule has 0 aromatic heterocycles. The van der Waals surface area contributed by atoms with Gasteiger partial charge in [-0.25, -0.2) is 0 Å². The van der Waals surface area contributed by atoms with E-state index in [9.17, 15) is 9.90 Å². The number of carbonyl (C=O) groups excluding carboxylic acids is 1. The molecule has 0 aliphatic heterocycles. The molecule has 1 fully saturated rings. The van der Waals surface area contributed by atoms with E-state index < -0.39 is 11.2 Å². The first-order valence-electron chi connectivity index (χ1n) is 6.41. The third kappa shape index (κ3) is 2.89. The minimum Gasteiger partial charge on any atom is -0.460 e. The minimum absolute atomic E-state index is 0.121. The van der Waals surface area contributed by atoms with Gasteiger partial charge < -0.3 is 9.84 Å². The highest BCUT2D eigenvalue weighted by Gasteiger charge is 2.45. The van der Waals surface area contributed by atoms with Crippen LogP contribution >= 0.6 is 0 Å². The van der Waals surface area contributed by atoms with Gasteiger partial charge in [-0.3, -0.25) is 4.79 Å². The van der Waals surface area contributed by atoms with Gasteiger partial charge in [-0.2, -0.15) is 0 Å². The van der Waals surface area contributed by atoms with Gasteiger partial charge in [-0.1, -0.05) is 12.2 Å². The predicted octanol–water partition coefficient (Wildman–Crippen LogP) is 2.44. The molecule has 0 radical (unpaired) electrons. The molecule has 3 heteroatoms. The molecule has 3 aliphatic rings. The number of hydrogen-bond donors (Lipinski definition) is 1. The van der Waals surface area contributed by atoms with Crippen molar-refractivity contribution in [2.45, 2.75) is 57.7 Å². The quantitative estimate of drug-likeness (QED) is 0.593. The van der Waals surface area contributed by atoms with E-state index in [0.717, 1.165) is 12.8 Å². The van der Waals surface area contributed by atoms with Gasteiger partial charge in [0.1, 0.15) is 5.60 Å². The van der Waals surface area contributed by atoms with Crippen LogP contribution < -0.4 is 0 Å². The zero-order chi connectivity index (χ0) is 12.7. The van der Waals surface area contributed by atoms with Crippen molar-refractivity contribution in [2.24, 2.45) is 11.8 Å². The van der Waals surface area contributed by atoms with Crippen molar-refractivity contribution in [3.8, 4) is 0 Å². The summed E-state index contributed by atoms with van der Waals surface area (Å²) in [4.78, 5) is 11.8. The second-order valence-electron chi connectivity index (χ2n) is 6.40. The summed E-state index contributed by atoms with van der Waals surface area (Å²) in [6.07, 6.45) is 7.20. The highest BCUT2D eigenvalue weighted by atomic mass is 16.6. The zero-order valence-electron chi connectivity index (χ0n) is 10.9. The molecule has 2 bridgehead atoms. The smallest absolute Gasteiger partial charge is 0.309 e. The van der Waals surface area contributed by atoms with E-state index in [1.165, 1.54) is 0 Å². The fourth-order valence-corrected chi connectivity index (χ4v) is 2.93. The largest absolute Gasteiger partial charge is 0.460 e. The van der Waals surface area contributed by atoms with Crippen LogP contribution in [-0.2, 0) is 9.53 Å². The van der Waals surface area contributed by atoms with E-state index in [2.05, 4.69) is 12.2 Å². The summed E-state index contributed by atoms with van der Waals surface area (Å²) in [5.74, 6) is 0.272. The number of aliphatic hydroxyl groups is 1. The van der Waals surface area contributed by atoms with Crippen LogP contribution in [0.2, 0.25) is 0 Å². The second-order valence-corrected chi connectivity index (χ2v) is 6.40. The fourth-order valence-electron chi connectivity index (χ4n) is 2.93. The number of esters is 1. The Labute approximate surface area is 103 Å². The molecule has 3 rings (SSSR count). The summed E-state index contributed by atoms with van der Waals surface area (Å²) in [6, 6.07) is 0. The van der Waals surface area contributed by atoms with Gasteiger partial charge in [0.15, 0.2) is 0 Å². The first-order valence-corrected chi connectivity index (χ1v) is 6.41. The third-order valence-corrected chi connectivity index (χ3v) is 3.64. The Balaban J connectivity index is 1.99. The van der Waals surface area contributed by atoms with Crippen LogP contribution in [0.4, 0.5) is 0 Å². The summed E-state index contributed by atoms with van der Waals surface area (Å²) >= 11 is 0. The molecule has 1 N–H and O–H groups in total. The maximum Gasteiger partial charge on any atom is 0.309 e. The van der Waals surface area contributed by atoms with E-state index in [-0.39, 0.29) is 18.3 Å². The van der Waals surface area contributed by atoms with Gasteiger partial charge in [0.25, 0.3) is 0 Å². The molecule has 0 saturated heterocycles. The van der Waals surface area contributed by atoms with E-state index in [0.29, 0.717) is 12.3 Å². The van der Waals surface area contributed by atoms with Crippen LogP contribution in [0.25, 0.3) is 0 Å². The summed E-state index contributed by atoms with van der Waals surface area (Å²) < 4.78 is 5.29. The normalized spacial score (nSPS) is 36.0. The molecule has 1 saturated carbocycles. The van der Waals surface area contributed by atoms with Crippen LogP contribution in [0.15, 0.2) is 12.2 Å². The number of ether oxygens (including phenoxy) is 1. The first kappa shape index (κ1) is 12.6. The van der Waals surface area contributed by atoms with Crippen molar-refractivity contribution in [3.63, 3.8) is 0 Å². The van der Waals surface area contributed by atoms with Crippen molar-refractivity contribution < 1.29 is 14.6 Å². The molecule has 3 aliphatic carbocycles. The van der Waals surface area contributed by atoms with Crippen LogP contribution in [0.3, 0.4) is 0 Å². The summed E-state index contributed by atoms with van der Waals surface area (Å²) in [7, 11) is 0. The molecule has 0 amide bonds. The van der Waals surface area contributed by atoms with Gasteiger partial charge in [-0.15, -0.1) is 0 Å². The third-order valence-electron chi connectivity index (χ3n) is 3.64. The molecule has 3 atom stereocenters. The molecule has 3 unspecified atom stereocenters. The van der Waals surface area contributed by atoms with E-state index in [1.54, 1.807) is 0 Å². The first-order chi connectivity index (χ1) is 7.78. The van der Waals surface area contributed by atoms with Crippen LogP contribution in [-0.4, -0.2) is 22.3 Å². The predicted molar refractivity (Wildman–Crippen MR) is 65.4 cm³/mol. The lowest BCUT2D eigenvalue weighted by Gasteiger charge is -2.44. The molecule has 96 valence electrons. The highest BCUT2D eigenvalue weighted by molar-refractivity contribution is 5.71. The Morgan fingerprint density at radius 1 is 1.41 bits per heavy atom. The Kier molecular flexibility index (Phi) is 3.06. The number of hydrogen-bond acceptors (Lipinski definition) is 3. The van der Waals surface area contributed by atoms with Crippen molar-refractivity contribution in [1.29, 1.82) is 0 Å². The lowest BCUT2D eigenvalue weighted by Crippen LogP contribution is -2.47. The molecule has 0 aromatic rings. The Morgan fingerprint density at radius 3 is 2.53 bits per heavy atom. The molecule has 3 nitrogen and oxygen atoms in total. The van der Waals surface area contributed by atoms with E-state index in [4.69, 9.17) is 4.74 Å². The van der Waals surface area contributed by atoms with Crippen molar-refractivity contribution in [3.05, 3.63) is 12.2 Å². The van der Waals surface area contributed by atoms with Crippen molar-refractivity contribution in [1.82, 2.24) is 0 Å². The van der Waals surface area contributed by atoms with Crippen LogP contribution in [0.1, 0.15) is 46.5 Å². The van der Waals surface area contributed by atoms with E-state index in [1.807, 2.05) is 20.8 Å². The maximum atomic E-state index is 11.8. The van der Waals surface area contributed by atoms with Gasteiger partial charge in [-0.05, 0) is 46.0 Å². The lowest BCUT2D eigenvalue weighted by atomic mass is 9.65. The topological polar surface area (TPSA) is 46.5 Å². The maximum absolute atomic E-state index is 11.8. The minimum atomic E-state index is -0.875. The van der Waals surface area contributed by atoms with Crippen LogP contribution in [0, 0.1) is 11.8 Å². The molecular formula is C14H22O3.